The molecule has 1 saturated heterocycles. The van der Waals surface area contributed by atoms with Crippen LogP contribution in [0.3, 0.4) is 0 Å². The van der Waals surface area contributed by atoms with Crippen molar-refractivity contribution in [2.24, 2.45) is 0 Å². The van der Waals surface area contributed by atoms with E-state index in [2.05, 4.69) is 13.8 Å². The van der Waals surface area contributed by atoms with Crippen molar-refractivity contribution in [2.45, 2.75) is 32.3 Å². The lowest BCUT2D eigenvalue weighted by molar-refractivity contribution is -0.122. The number of rotatable bonds is 5. The van der Waals surface area contributed by atoms with E-state index < -0.39 is 12.1 Å². The van der Waals surface area contributed by atoms with Gasteiger partial charge in [-0.3, -0.25) is 4.79 Å². The minimum atomic E-state index is -1.01. The molecule has 1 fully saturated rings. The first-order valence-electron chi connectivity index (χ1n) is 8.37. The minimum absolute atomic E-state index is 0.143. The highest BCUT2D eigenvalue weighted by Crippen LogP contribution is 2.26. The highest BCUT2D eigenvalue weighted by Gasteiger charge is 2.34. The van der Waals surface area contributed by atoms with Crippen molar-refractivity contribution < 1.29 is 19.4 Å². The second-order valence-corrected chi connectivity index (χ2v) is 6.46. The lowest BCUT2D eigenvalue weighted by Crippen LogP contribution is -2.32. The van der Waals surface area contributed by atoms with Crippen LogP contribution in [0.4, 0.5) is 5.69 Å². The molecule has 0 bridgehead atoms. The lowest BCUT2D eigenvalue weighted by atomic mass is 10.0. The minimum Gasteiger partial charge on any atom is -0.481 e. The van der Waals surface area contributed by atoms with Gasteiger partial charge in [0.1, 0.15) is 5.75 Å². The van der Waals surface area contributed by atoms with Crippen LogP contribution in [0.1, 0.15) is 42.1 Å². The molecule has 2 aromatic carbocycles. The summed E-state index contributed by atoms with van der Waals surface area (Å²) in [5, 5.41) is 9.10. The number of aromatic carboxylic acids is 1. The molecule has 3 rings (SSSR count). The molecule has 5 heteroatoms. The molecule has 1 atom stereocenters. The monoisotopic (exact) mass is 339 g/mol. The van der Waals surface area contributed by atoms with Gasteiger partial charge in [-0.05, 0) is 41.8 Å². The second kappa shape index (κ2) is 6.97. The van der Waals surface area contributed by atoms with Crippen LogP contribution in [0.2, 0.25) is 0 Å². The Morgan fingerprint density at radius 3 is 2.56 bits per heavy atom. The molecule has 1 amide bonds. The quantitative estimate of drug-likeness (QED) is 0.902. The topological polar surface area (TPSA) is 66.8 Å². The van der Waals surface area contributed by atoms with E-state index in [1.165, 1.54) is 17.7 Å². The maximum atomic E-state index is 12.6. The third-order valence-corrected chi connectivity index (χ3v) is 4.39. The Labute approximate surface area is 146 Å². The molecule has 2 aromatic rings. The first kappa shape index (κ1) is 17.0. The predicted molar refractivity (Wildman–Crippen MR) is 95.3 cm³/mol. The zero-order chi connectivity index (χ0) is 18.0. The molecule has 0 radical (unpaired) electrons. The van der Waals surface area contributed by atoms with Gasteiger partial charge >= 0.3 is 5.97 Å². The summed E-state index contributed by atoms with van der Waals surface area (Å²) in [5.41, 5.74) is 1.97. The zero-order valence-corrected chi connectivity index (χ0v) is 14.3. The van der Waals surface area contributed by atoms with Gasteiger partial charge in [0.05, 0.1) is 5.56 Å². The molecule has 1 unspecified atom stereocenters. The van der Waals surface area contributed by atoms with Crippen molar-refractivity contribution in [3.8, 4) is 5.75 Å². The van der Waals surface area contributed by atoms with Crippen molar-refractivity contribution in [3.05, 3.63) is 59.7 Å². The van der Waals surface area contributed by atoms with Gasteiger partial charge in [0, 0.05) is 18.7 Å². The Morgan fingerprint density at radius 2 is 1.92 bits per heavy atom. The van der Waals surface area contributed by atoms with E-state index in [0.717, 1.165) is 0 Å². The summed E-state index contributed by atoms with van der Waals surface area (Å²) in [6.07, 6.45) is 0.0283. The molecular formula is C20H21NO4. The van der Waals surface area contributed by atoms with Crippen molar-refractivity contribution in [3.63, 3.8) is 0 Å². The maximum Gasteiger partial charge on any atom is 0.335 e. The standard InChI is InChI=1S/C20H21NO4/c1-13(2)14-6-8-17(9-7-14)25-18-10-11-21(19(18)22)16-5-3-4-15(12-16)20(23)24/h3-9,12-13,18H,10-11H2,1-2H3,(H,23,24). The zero-order valence-electron chi connectivity index (χ0n) is 14.3. The van der Waals surface area contributed by atoms with Gasteiger partial charge < -0.3 is 14.7 Å². The van der Waals surface area contributed by atoms with Gasteiger partial charge in [-0.15, -0.1) is 0 Å². The number of ether oxygens (including phenoxy) is 1. The number of hydrogen-bond acceptors (Lipinski definition) is 3. The Bertz CT molecular complexity index is 783. The highest BCUT2D eigenvalue weighted by atomic mass is 16.5. The van der Waals surface area contributed by atoms with Crippen LogP contribution in [0.15, 0.2) is 48.5 Å². The molecule has 25 heavy (non-hydrogen) atoms. The van der Waals surface area contributed by atoms with Crippen molar-refractivity contribution in [1.29, 1.82) is 0 Å². The van der Waals surface area contributed by atoms with Gasteiger partial charge in [-0.1, -0.05) is 32.0 Å². The van der Waals surface area contributed by atoms with Crippen LogP contribution in [-0.2, 0) is 4.79 Å². The fourth-order valence-corrected chi connectivity index (χ4v) is 2.92. The fourth-order valence-electron chi connectivity index (χ4n) is 2.92. The van der Waals surface area contributed by atoms with Crippen molar-refractivity contribution in [1.82, 2.24) is 0 Å². The number of benzene rings is 2. The van der Waals surface area contributed by atoms with Crippen LogP contribution < -0.4 is 9.64 Å². The summed E-state index contributed by atoms with van der Waals surface area (Å²) in [5.74, 6) is -0.0370. The summed E-state index contributed by atoms with van der Waals surface area (Å²) in [6.45, 7) is 4.76. The average Bonchev–Trinajstić information content (AvgIpc) is 2.96. The average molecular weight is 339 g/mol. The third kappa shape index (κ3) is 3.65. The van der Waals surface area contributed by atoms with E-state index in [4.69, 9.17) is 9.84 Å². The molecule has 1 aliphatic rings. The maximum absolute atomic E-state index is 12.6. The summed E-state index contributed by atoms with van der Waals surface area (Å²) in [6, 6.07) is 14.2. The SMILES string of the molecule is CC(C)c1ccc(OC2CCN(c3cccc(C(=O)O)c3)C2=O)cc1. The number of nitrogens with zero attached hydrogens (tertiary/aromatic N) is 1. The molecule has 0 saturated carbocycles. The Hall–Kier alpha value is -2.82. The third-order valence-electron chi connectivity index (χ3n) is 4.39. The second-order valence-electron chi connectivity index (χ2n) is 6.46. The molecular weight excluding hydrogens is 318 g/mol. The Balaban J connectivity index is 1.71. The first-order valence-corrected chi connectivity index (χ1v) is 8.37. The highest BCUT2D eigenvalue weighted by molar-refractivity contribution is 6.00. The van der Waals surface area contributed by atoms with Gasteiger partial charge in [0.15, 0.2) is 6.10 Å². The van der Waals surface area contributed by atoms with Crippen LogP contribution in [-0.4, -0.2) is 29.6 Å². The fraction of sp³-hybridized carbons (Fsp3) is 0.300. The molecule has 1 aliphatic heterocycles. The van der Waals surface area contributed by atoms with Gasteiger partial charge in [-0.2, -0.15) is 0 Å². The molecule has 1 heterocycles. The summed E-state index contributed by atoms with van der Waals surface area (Å²) in [4.78, 5) is 25.3. The number of carboxylic acid groups (broad SMARTS) is 1. The van der Waals surface area contributed by atoms with E-state index in [-0.39, 0.29) is 11.5 Å². The summed E-state index contributed by atoms with van der Waals surface area (Å²) < 4.78 is 5.84. The number of amides is 1. The number of hydrogen-bond donors (Lipinski definition) is 1. The smallest absolute Gasteiger partial charge is 0.335 e. The van der Waals surface area contributed by atoms with Gasteiger partial charge in [0.2, 0.25) is 0 Å². The molecule has 1 N–H and O–H groups in total. The largest absolute Gasteiger partial charge is 0.481 e. The number of anilines is 1. The van der Waals surface area contributed by atoms with Crippen LogP contribution in [0.5, 0.6) is 5.75 Å². The van der Waals surface area contributed by atoms with E-state index in [1.807, 2.05) is 24.3 Å². The molecule has 0 aromatic heterocycles. The molecule has 0 aliphatic carbocycles. The van der Waals surface area contributed by atoms with E-state index in [9.17, 15) is 9.59 Å². The number of carbonyl (C=O) groups is 2. The summed E-state index contributed by atoms with van der Waals surface area (Å²) in [7, 11) is 0. The number of carboxylic acids is 1. The van der Waals surface area contributed by atoms with E-state index in [1.54, 1.807) is 17.0 Å². The van der Waals surface area contributed by atoms with Crippen molar-refractivity contribution >= 4 is 17.6 Å². The first-order chi connectivity index (χ1) is 12.0. The van der Waals surface area contributed by atoms with Gasteiger partial charge in [-0.25, -0.2) is 4.79 Å². The predicted octanol–water partition coefficient (Wildman–Crippen LogP) is 3.69. The Morgan fingerprint density at radius 1 is 1.20 bits per heavy atom. The lowest BCUT2D eigenvalue weighted by Gasteiger charge is -2.18. The normalized spacial score (nSPS) is 17.2. The van der Waals surface area contributed by atoms with E-state index >= 15 is 0 Å². The van der Waals surface area contributed by atoms with Crippen LogP contribution in [0, 0.1) is 0 Å². The summed E-state index contributed by atoms with van der Waals surface area (Å²) >= 11 is 0. The van der Waals surface area contributed by atoms with Crippen molar-refractivity contribution in [2.75, 3.05) is 11.4 Å². The molecule has 130 valence electrons. The van der Waals surface area contributed by atoms with Gasteiger partial charge in [0.25, 0.3) is 5.91 Å². The van der Waals surface area contributed by atoms with Crippen LogP contribution in [0.25, 0.3) is 0 Å². The molecule has 5 nitrogen and oxygen atoms in total. The van der Waals surface area contributed by atoms with E-state index in [0.29, 0.717) is 30.3 Å². The Kier molecular flexibility index (Phi) is 4.74. The van der Waals surface area contributed by atoms with Crippen LogP contribution >= 0.6 is 0 Å². The molecule has 0 spiro atoms. The number of carbonyl (C=O) groups excluding carboxylic acids is 1.